The van der Waals surface area contributed by atoms with Gasteiger partial charge in [0.05, 0.1) is 24.5 Å². The molecule has 0 aliphatic carbocycles. The fourth-order valence-corrected chi connectivity index (χ4v) is 3.88. The lowest BCUT2D eigenvalue weighted by molar-refractivity contribution is -0.134. The molecule has 2 saturated heterocycles. The first-order valence-corrected chi connectivity index (χ1v) is 10.7. The standard InChI is InChI=1S/C16H30N2O6S/c1-2-25(21,22)17-8-5-13-3-4-14(15(11-19)24-13)18-16(20)12-6-9-23-10-7-12/h12-15,17,19H,2-11H2,1H3,(H,18,20)/t13-,14+,15-/m1/s1. The number of nitrogens with one attached hydrogen (secondary N) is 2. The highest BCUT2D eigenvalue weighted by atomic mass is 32.2. The zero-order chi connectivity index (χ0) is 18.3. The van der Waals surface area contributed by atoms with Crippen LogP contribution in [0.15, 0.2) is 0 Å². The molecule has 9 heteroatoms. The van der Waals surface area contributed by atoms with Crippen molar-refractivity contribution >= 4 is 15.9 Å². The summed E-state index contributed by atoms with van der Waals surface area (Å²) in [7, 11) is -3.20. The summed E-state index contributed by atoms with van der Waals surface area (Å²) in [5.74, 6) is 0.0248. The number of sulfonamides is 1. The summed E-state index contributed by atoms with van der Waals surface area (Å²) in [5, 5.41) is 12.6. The minimum atomic E-state index is -3.20. The van der Waals surface area contributed by atoms with E-state index >= 15 is 0 Å². The number of hydrogen-bond acceptors (Lipinski definition) is 6. The molecule has 0 radical (unpaired) electrons. The summed E-state index contributed by atoms with van der Waals surface area (Å²) < 4.78 is 36.5. The van der Waals surface area contributed by atoms with Crippen LogP contribution < -0.4 is 10.0 Å². The van der Waals surface area contributed by atoms with Gasteiger partial charge in [-0.2, -0.15) is 0 Å². The van der Waals surface area contributed by atoms with Gasteiger partial charge in [0, 0.05) is 25.7 Å². The van der Waals surface area contributed by atoms with Crippen molar-refractivity contribution < 1.29 is 27.8 Å². The second-order valence-corrected chi connectivity index (χ2v) is 8.74. The fourth-order valence-electron chi connectivity index (χ4n) is 3.25. The zero-order valence-electron chi connectivity index (χ0n) is 14.8. The van der Waals surface area contributed by atoms with E-state index in [1.54, 1.807) is 6.92 Å². The molecule has 2 aliphatic rings. The maximum absolute atomic E-state index is 12.3. The number of aliphatic hydroxyl groups excluding tert-OH is 1. The molecule has 0 aromatic rings. The third kappa shape index (κ3) is 6.49. The van der Waals surface area contributed by atoms with Gasteiger partial charge in [0.1, 0.15) is 6.10 Å². The summed E-state index contributed by atoms with van der Waals surface area (Å²) >= 11 is 0. The number of aliphatic hydroxyl groups is 1. The van der Waals surface area contributed by atoms with Gasteiger partial charge in [-0.1, -0.05) is 0 Å². The van der Waals surface area contributed by atoms with E-state index in [1.165, 1.54) is 0 Å². The van der Waals surface area contributed by atoms with Gasteiger partial charge in [-0.3, -0.25) is 4.79 Å². The Kier molecular flexibility index (Phi) is 8.08. The van der Waals surface area contributed by atoms with E-state index in [-0.39, 0.29) is 36.3 Å². The van der Waals surface area contributed by atoms with Gasteiger partial charge in [0.25, 0.3) is 0 Å². The molecular weight excluding hydrogens is 348 g/mol. The second-order valence-electron chi connectivity index (χ2n) is 6.64. The molecule has 0 spiro atoms. The number of ether oxygens (including phenoxy) is 2. The Morgan fingerprint density at radius 2 is 1.92 bits per heavy atom. The van der Waals surface area contributed by atoms with Crippen LogP contribution in [0.4, 0.5) is 0 Å². The molecule has 146 valence electrons. The molecular formula is C16H30N2O6S. The van der Waals surface area contributed by atoms with E-state index < -0.39 is 16.1 Å². The van der Waals surface area contributed by atoms with Crippen LogP contribution >= 0.6 is 0 Å². The normalized spacial score (nSPS) is 28.6. The van der Waals surface area contributed by atoms with Gasteiger partial charge < -0.3 is 19.9 Å². The monoisotopic (exact) mass is 378 g/mol. The van der Waals surface area contributed by atoms with Gasteiger partial charge in [0.15, 0.2) is 0 Å². The van der Waals surface area contributed by atoms with Crippen LogP contribution in [0.5, 0.6) is 0 Å². The molecule has 3 N–H and O–H groups in total. The first kappa shape index (κ1) is 20.6. The Labute approximate surface area is 149 Å². The third-order valence-corrected chi connectivity index (χ3v) is 6.29. The lowest BCUT2D eigenvalue weighted by Crippen LogP contribution is -2.52. The minimum absolute atomic E-state index is 0.00417. The van der Waals surface area contributed by atoms with Gasteiger partial charge >= 0.3 is 0 Å². The minimum Gasteiger partial charge on any atom is -0.394 e. The average molecular weight is 378 g/mol. The lowest BCUT2D eigenvalue weighted by atomic mass is 9.94. The van der Waals surface area contributed by atoms with E-state index in [4.69, 9.17) is 9.47 Å². The topological polar surface area (TPSA) is 114 Å². The molecule has 2 rings (SSSR count). The maximum Gasteiger partial charge on any atom is 0.223 e. The molecule has 2 aliphatic heterocycles. The van der Waals surface area contributed by atoms with Gasteiger partial charge in [-0.25, -0.2) is 13.1 Å². The molecule has 8 nitrogen and oxygen atoms in total. The molecule has 1 amide bonds. The van der Waals surface area contributed by atoms with E-state index in [1.807, 2.05) is 0 Å². The zero-order valence-corrected chi connectivity index (χ0v) is 15.6. The van der Waals surface area contributed by atoms with Crippen molar-refractivity contribution in [2.45, 2.75) is 57.3 Å². The fraction of sp³-hybridized carbons (Fsp3) is 0.938. The van der Waals surface area contributed by atoms with E-state index in [2.05, 4.69) is 10.0 Å². The van der Waals surface area contributed by atoms with Gasteiger partial charge in [-0.05, 0) is 39.0 Å². The van der Waals surface area contributed by atoms with Crippen LogP contribution in [-0.2, 0) is 24.3 Å². The predicted octanol–water partition coefficient (Wildman–Crippen LogP) is -0.233. The van der Waals surface area contributed by atoms with Gasteiger partial charge in [0.2, 0.25) is 15.9 Å². The summed E-state index contributed by atoms with van der Waals surface area (Å²) in [6, 6.07) is -0.205. The summed E-state index contributed by atoms with van der Waals surface area (Å²) in [5.41, 5.74) is 0. The molecule has 2 heterocycles. The Balaban J connectivity index is 1.77. The molecule has 25 heavy (non-hydrogen) atoms. The third-order valence-electron chi connectivity index (χ3n) is 4.88. The van der Waals surface area contributed by atoms with E-state index in [0.29, 0.717) is 32.6 Å². The highest BCUT2D eigenvalue weighted by Crippen LogP contribution is 2.23. The molecule has 0 aromatic heterocycles. The molecule has 0 unspecified atom stereocenters. The van der Waals surface area contributed by atoms with Crippen LogP contribution in [0, 0.1) is 5.92 Å². The van der Waals surface area contributed by atoms with Crippen molar-refractivity contribution in [1.82, 2.24) is 10.0 Å². The average Bonchev–Trinajstić information content (AvgIpc) is 2.63. The van der Waals surface area contributed by atoms with Crippen molar-refractivity contribution in [3.63, 3.8) is 0 Å². The summed E-state index contributed by atoms with van der Waals surface area (Å²) in [4.78, 5) is 12.3. The Morgan fingerprint density at radius 1 is 1.20 bits per heavy atom. The molecule has 2 fully saturated rings. The predicted molar refractivity (Wildman–Crippen MR) is 92.5 cm³/mol. The van der Waals surface area contributed by atoms with Crippen molar-refractivity contribution in [2.75, 3.05) is 32.1 Å². The highest BCUT2D eigenvalue weighted by Gasteiger charge is 2.33. The first-order valence-electron chi connectivity index (χ1n) is 9.07. The number of carbonyl (C=O) groups is 1. The van der Waals surface area contributed by atoms with Crippen molar-refractivity contribution in [3.8, 4) is 0 Å². The van der Waals surface area contributed by atoms with Gasteiger partial charge in [-0.15, -0.1) is 0 Å². The Hall–Kier alpha value is -0.740. The van der Waals surface area contributed by atoms with E-state index in [9.17, 15) is 18.3 Å². The van der Waals surface area contributed by atoms with Crippen LogP contribution in [0.2, 0.25) is 0 Å². The van der Waals surface area contributed by atoms with Crippen molar-refractivity contribution in [3.05, 3.63) is 0 Å². The number of carbonyl (C=O) groups excluding carboxylic acids is 1. The molecule has 0 bridgehead atoms. The second kappa shape index (κ2) is 9.82. The quantitative estimate of drug-likeness (QED) is 0.537. The summed E-state index contributed by atoms with van der Waals surface area (Å²) in [6.45, 7) is 2.96. The SMILES string of the molecule is CCS(=O)(=O)NCC[C@H]1CC[C@H](NC(=O)C2CCOCC2)[C@@H](CO)O1. The number of hydrogen-bond donors (Lipinski definition) is 3. The van der Waals surface area contributed by atoms with E-state index in [0.717, 1.165) is 19.3 Å². The van der Waals surface area contributed by atoms with Crippen LogP contribution in [0.3, 0.4) is 0 Å². The van der Waals surface area contributed by atoms with Crippen LogP contribution in [-0.4, -0.2) is 69.8 Å². The van der Waals surface area contributed by atoms with Crippen LogP contribution in [0.1, 0.15) is 39.0 Å². The van der Waals surface area contributed by atoms with Crippen molar-refractivity contribution in [2.24, 2.45) is 5.92 Å². The smallest absolute Gasteiger partial charge is 0.223 e. The summed E-state index contributed by atoms with van der Waals surface area (Å²) in [6.07, 6.45) is 2.87. The Morgan fingerprint density at radius 3 is 2.56 bits per heavy atom. The molecule has 0 aromatic carbocycles. The Bertz CT molecular complexity index is 521. The van der Waals surface area contributed by atoms with Crippen molar-refractivity contribution in [1.29, 1.82) is 0 Å². The highest BCUT2D eigenvalue weighted by molar-refractivity contribution is 7.89. The number of amides is 1. The van der Waals surface area contributed by atoms with Crippen LogP contribution in [0.25, 0.3) is 0 Å². The largest absolute Gasteiger partial charge is 0.394 e. The molecule has 0 saturated carbocycles. The first-order chi connectivity index (χ1) is 11.9. The lowest BCUT2D eigenvalue weighted by Gasteiger charge is -2.37. The molecule has 3 atom stereocenters. The number of rotatable bonds is 8. The maximum atomic E-state index is 12.3.